The molecule has 2 aromatic rings. The molecule has 1 saturated heterocycles. The third-order valence-electron chi connectivity index (χ3n) is 8.40. The smallest absolute Gasteiger partial charge is 0.343 e. The quantitative estimate of drug-likeness (QED) is 0.174. The number of hydrogen-bond acceptors (Lipinski definition) is 11. The molecule has 5 atom stereocenters. The van der Waals surface area contributed by atoms with Crippen molar-refractivity contribution in [3.05, 3.63) is 57.5 Å². The van der Waals surface area contributed by atoms with Gasteiger partial charge in [0.15, 0.2) is 12.0 Å². The summed E-state index contributed by atoms with van der Waals surface area (Å²) in [6.45, 7) is 4.92. The van der Waals surface area contributed by atoms with Crippen LogP contribution in [0.4, 0.5) is 0 Å². The van der Waals surface area contributed by atoms with E-state index < -0.39 is 41.4 Å². The molecule has 1 fully saturated rings. The molecule has 6 rings (SSSR count). The Morgan fingerprint density at radius 3 is 2.80 bits per heavy atom. The fourth-order valence-corrected chi connectivity index (χ4v) is 6.24. The van der Waals surface area contributed by atoms with E-state index in [9.17, 15) is 19.5 Å². The van der Waals surface area contributed by atoms with E-state index in [2.05, 4.69) is 50.0 Å². The number of carbonyl (C=O) groups excluding carboxylic acids is 2. The zero-order valence-corrected chi connectivity index (χ0v) is 22.6. The van der Waals surface area contributed by atoms with E-state index in [0.29, 0.717) is 17.9 Å². The van der Waals surface area contributed by atoms with E-state index in [-0.39, 0.29) is 42.0 Å². The topological polar surface area (TPSA) is 227 Å². The van der Waals surface area contributed by atoms with Crippen molar-refractivity contribution in [1.82, 2.24) is 31.0 Å². The number of nitrogens with zero attached hydrogens (tertiary/aromatic N) is 3. The summed E-state index contributed by atoms with van der Waals surface area (Å²) in [6.07, 6.45) is -0.334. The van der Waals surface area contributed by atoms with E-state index in [1.165, 1.54) is 12.1 Å². The monoisotopic (exact) mass is 565 g/mol. The van der Waals surface area contributed by atoms with Crippen LogP contribution in [0.25, 0.3) is 0 Å². The predicted octanol–water partition coefficient (Wildman–Crippen LogP) is -4.20. The molecule has 2 unspecified atom stereocenters. The van der Waals surface area contributed by atoms with Gasteiger partial charge in [-0.25, -0.2) is 15.4 Å². The number of aliphatic hydroxyl groups excluding tert-OH is 1. The molecule has 1 aromatic carbocycles. The number of hydrogen-bond donors (Lipinski definition) is 8. The number of nitrogens with two attached hydrogens (primary N) is 2. The molecule has 0 bridgehead atoms. The average molecular weight is 566 g/mol. The molecule has 10 N–H and O–H groups in total. The Labute approximate surface area is 234 Å². The molecular formula is C26H33N10O5+. The number of aromatic nitrogens is 2. The van der Waals surface area contributed by atoms with Crippen LogP contribution in [-0.4, -0.2) is 93.5 Å². The third kappa shape index (κ3) is 4.23. The normalized spacial score (nSPS) is 29.1. The first-order chi connectivity index (χ1) is 19.5. The number of fused-ring (bicyclic) bond motifs is 1. The fraction of sp³-hybridized carbons (Fsp3) is 0.462. The predicted molar refractivity (Wildman–Crippen MR) is 146 cm³/mol. The highest BCUT2D eigenvalue weighted by Crippen LogP contribution is 2.41. The number of aliphatic hydroxyl groups is 1. The highest BCUT2D eigenvalue weighted by Gasteiger charge is 2.68. The number of carbonyl (C=O) groups is 2. The largest absolute Gasteiger partial charge is 0.492 e. The second-order valence-corrected chi connectivity index (χ2v) is 11.4. The standard InChI is InChI=1S/C26H32N10O5/c1-25(2)8-9-41-18-12(4-3-5-13(18)25)21(39)30-16-11-36-24(28)31-15(19-26(36,20(16)38)33-23(27)32-19)10-29-22(40)14-6-7-17(37)35-34-14/h3-7,15-16,19-20,38H,8-11H2,1-2H3,(H2,28,31)(H,29,40)(H,30,39)(H,35,37)(H3,27,32,33)/p+1/t15-,16?,19-,20+,26?/m0/s1. The van der Waals surface area contributed by atoms with Gasteiger partial charge >= 0.3 is 5.96 Å². The van der Waals surface area contributed by atoms with Crippen molar-refractivity contribution >= 4 is 23.7 Å². The number of para-hydroxylation sites is 1. The van der Waals surface area contributed by atoms with Crippen LogP contribution in [0.2, 0.25) is 0 Å². The second kappa shape index (κ2) is 9.47. The maximum Gasteiger partial charge on any atom is 0.343 e. The van der Waals surface area contributed by atoms with E-state index in [1.807, 2.05) is 12.1 Å². The highest BCUT2D eigenvalue weighted by atomic mass is 16.5. The van der Waals surface area contributed by atoms with Crippen molar-refractivity contribution < 1.29 is 24.4 Å². The summed E-state index contributed by atoms with van der Waals surface area (Å²) < 4.78 is 5.92. The lowest BCUT2D eigenvalue weighted by Gasteiger charge is -2.43. The number of ether oxygens (including phenoxy) is 1. The summed E-state index contributed by atoms with van der Waals surface area (Å²) >= 11 is 0. The lowest BCUT2D eigenvalue weighted by Crippen LogP contribution is -2.88. The van der Waals surface area contributed by atoms with E-state index in [1.54, 1.807) is 11.0 Å². The highest BCUT2D eigenvalue weighted by molar-refractivity contribution is 5.98. The zero-order chi connectivity index (χ0) is 29.1. The summed E-state index contributed by atoms with van der Waals surface area (Å²) in [7, 11) is 0. The Morgan fingerprint density at radius 2 is 2.05 bits per heavy atom. The van der Waals surface area contributed by atoms with Gasteiger partial charge in [0.1, 0.15) is 23.6 Å². The maximum atomic E-state index is 13.5. The number of H-pyrrole nitrogens is 1. The molecule has 5 heterocycles. The Bertz CT molecular complexity index is 1520. The van der Waals surface area contributed by atoms with Crippen LogP contribution in [0, 0.1) is 0 Å². The minimum absolute atomic E-state index is 0.0234. The van der Waals surface area contributed by atoms with Crippen LogP contribution in [0.3, 0.4) is 0 Å². The molecule has 1 spiro atoms. The van der Waals surface area contributed by atoms with Crippen molar-refractivity contribution in [3.63, 3.8) is 0 Å². The van der Waals surface area contributed by atoms with Crippen LogP contribution < -0.4 is 42.7 Å². The van der Waals surface area contributed by atoms with Gasteiger partial charge in [-0.05, 0) is 24.0 Å². The molecule has 0 aliphatic carbocycles. The van der Waals surface area contributed by atoms with E-state index >= 15 is 0 Å². The SMILES string of the molecule is CC1(C)CCOc2c(C(=O)NC3CN4C(N)=N[C@@H](CNC(=O)c5ccc(=O)[nH]n5)[C@@H]5[NH+]=C(N)NC54[C@@H]3O)cccc21. The number of aromatic amines is 1. The van der Waals surface area contributed by atoms with Gasteiger partial charge in [0.2, 0.25) is 5.66 Å². The first kappa shape index (κ1) is 26.6. The van der Waals surface area contributed by atoms with Crippen LogP contribution in [0.1, 0.15) is 46.7 Å². The molecule has 4 aliphatic heterocycles. The number of benzene rings is 1. The van der Waals surface area contributed by atoms with Crippen LogP contribution in [0.15, 0.2) is 40.1 Å². The number of rotatable bonds is 5. The molecule has 41 heavy (non-hydrogen) atoms. The van der Waals surface area contributed by atoms with Gasteiger partial charge in [-0.3, -0.25) is 25.1 Å². The molecule has 15 nitrogen and oxygen atoms in total. The molecular weight excluding hydrogens is 532 g/mol. The van der Waals surface area contributed by atoms with E-state index in [0.717, 1.165) is 12.0 Å². The summed E-state index contributed by atoms with van der Waals surface area (Å²) in [6, 6.07) is 6.00. The van der Waals surface area contributed by atoms with Crippen molar-refractivity contribution in [2.45, 2.75) is 55.6 Å². The molecule has 0 saturated carbocycles. The summed E-state index contributed by atoms with van der Waals surface area (Å²) in [5.41, 5.74) is 12.1. The van der Waals surface area contributed by atoms with Crippen molar-refractivity contribution in [3.8, 4) is 5.75 Å². The van der Waals surface area contributed by atoms with Crippen molar-refractivity contribution in [2.75, 3.05) is 19.7 Å². The number of guanidine groups is 2. The Kier molecular flexibility index (Phi) is 6.13. The number of aliphatic imine (C=N–C) groups is 1. The minimum atomic E-state index is -1.24. The molecule has 4 aliphatic rings. The van der Waals surface area contributed by atoms with Gasteiger partial charge in [0.25, 0.3) is 17.4 Å². The molecule has 2 amide bonds. The van der Waals surface area contributed by atoms with Gasteiger partial charge in [-0.1, -0.05) is 26.0 Å². The number of amides is 2. The first-order valence-electron chi connectivity index (χ1n) is 13.4. The Morgan fingerprint density at radius 1 is 1.24 bits per heavy atom. The molecule has 1 aromatic heterocycles. The minimum Gasteiger partial charge on any atom is -0.492 e. The van der Waals surface area contributed by atoms with Crippen LogP contribution in [0.5, 0.6) is 5.75 Å². The molecule has 0 radical (unpaired) electrons. The fourth-order valence-electron chi connectivity index (χ4n) is 6.24. The number of nitrogens with one attached hydrogen (secondary N) is 5. The van der Waals surface area contributed by atoms with Gasteiger partial charge < -0.3 is 31.1 Å². The van der Waals surface area contributed by atoms with Crippen LogP contribution >= 0.6 is 0 Å². The van der Waals surface area contributed by atoms with E-state index in [4.69, 9.17) is 16.2 Å². The second-order valence-electron chi connectivity index (χ2n) is 11.4. The van der Waals surface area contributed by atoms with Crippen molar-refractivity contribution in [1.29, 1.82) is 0 Å². The Hall–Kier alpha value is -4.66. The van der Waals surface area contributed by atoms with Gasteiger partial charge in [-0.2, -0.15) is 5.10 Å². The Balaban J connectivity index is 1.23. The van der Waals surface area contributed by atoms with Crippen molar-refractivity contribution in [2.24, 2.45) is 16.5 Å². The van der Waals surface area contributed by atoms with Crippen LogP contribution in [-0.2, 0) is 5.41 Å². The first-order valence-corrected chi connectivity index (χ1v) is 13.4. The summed E-state index contributed by atoms with van der Waals surface area (Å²) in [5.74, 6) is -0.0447. The van der Waals surface area contributed by atoms with Gasteiger partial charge in [0, 0.05) is 24.7 Å². The van der Waals surface area contributed by atoms with Gasteiger partial charge in [-0.15, -0.1) is 0 Å². The maximum absolute atomic E-state index is 13.5. The zero-order valence-electron chi connectivity index (χ0n) is 22.6. The average Bonchev–Trinajstić information content (AvgIpc) is 3.43. The molecule has 15 heteroatoms. The third-order valence-corrected chi connectivity index (χ3v) is 8.40. The lowest BCUT2D eigenvalue weighted by atomic mass is 9.79. The lowest BCUT2D eigenvalue weighted by molar-refractivity contribution is -0.513. The summed E-state index contributed by atoms with van der Waals surface area (Å²) in [4.78, 5) is 46.8. The molecule has 216 valence electrons. The summed E-state index contributed by atoms with van der Waals surface area (Å²) in [5, 5.41) is 26.5. The van der Waals surface area contributed by atoms with Gasteiger partial charge in [0.05, 0.1) is 18.2 Å².